The fraction of sp³-hybridized carbons (Fsp3) is 0.588. The number of carbonyl (C=O) groups is 1. The van der Waals surface area contributed by atoms with Crippen LogP contribution in [0.3, 0.4) is 0 Å². The molecule has 0 aliphatic carbocycles. The minimum atomic E-state index is -0.192. The van der Waals surface area contributed by atoms with Gasteiger partial charge >= 0.3 is 6.09 Å². The molecule has 0 unspecified atom stereocenters. The first kappa shape index (κ1) is 15.8. The minimum absolute atomic E-state index is 0.192. The molecule has 1 aliphatic heterocycles. The van der Waals surface area contributed by atoms with Crippen molar-refractivity contribution in [1.29, 1.82) is 0 Å². The molecular formula is C17H26N2O2. The Bertz CT molecular complexity index is 426. The fourth-order valence-corrected chi connectivity index (χ4v) is 2.41. The van der Waals surface area contributed by atoms with Crippen LogP contribution in [0.5, 0.6) is 0 Å². The van der Waals surface area contributed by atoms with Crippen molar-refractivity contribution in [1.82, 2.24) is 9.80 Å². The Morgan fingerprint density at radius 3 is 2.43 bits per heavy atom. The van der Waals surface area contributed by atoms with Crippen LogP contribution in [0.15, 0.2) is 30.3 Å². The second-order valence-corrected chi connectivity index (χ2v) is 6.05. The molecule has 1 saturated heterocycles. The summed E-state index contributed by atoms with van der Waals surface area (Å²) >= 11 is 0. The molecule has 1 aliphatic rings. The van der Waals surface area contributed by atoms with Crippen molar-refractivity contribution < 1.29 is 9.53 Å². The Kier molecular flexibility index (Phi) is 6.05. The Morgan fingerprint density at radius 2 is 1.81 bits per heavy atom. The van der Waals surface area contributed by atoms with Crippen molar-refractivity contribution in [2.75, 3.05) is 32.7 Å². The summed E-state index contributed by atoms with van der Waals surface area (Å²) in [6.07, 6.45) is 1.03. The van der Waals surface area contributed by atoms with E-state index in [0.717, 1.165) is 44.2 Å². The van der Waals surface area contributed by atoms with Gasteiger partial charge in [-0.3, -0.25) is 4.90 Å². The predicted molar refractivity (Wildman–Crippen MR) is 84.1 cm³/mol. The number of ether oxygens (including phenoxy) is 1. The standard InChI is InChI=1S/C17H26N2O2/c1-15(2)8-9-18-10-12-19(13-11-18)17(20)21-14-16-6-4-3-5-7-16/h3-7,15H,8-14H2,1-2H3. The molecule has 0 saturated carbocycles. The highest BCUT2D eigenvalue weighted by Gasteiger charge is 2.21. The number of amides is 1. The van der Waals surface area contributed by atoms with Gasteiger partial charge in [-0.15, -0.1) is 0 Å². The number of nitrogens with zero attached hydrogens (tertiary/aromatic N) is 2. The first-order chi connectivity index (χ1) is 10.1. The average Bonchev–Trinajstić information content (AvgIpc) is 2.52. The Morgan fingerprint density at radius 1 is 1.14 bits per heavy atom. The van der Waals surface area contributed by atoms with Gasteiger partial charge in [-0.25, -0.2) is 4.79 Å². The first-order valence-corrected chi connectivity index (χ1v) is 7.83. The van der Waals surface area contributed by atoms with Crippen LogP contribution >= 0.6 is 0 Å². The lowest BCUT2D eigenvalue weighted by atomic mass is 10.1. The van der Waals surface area contributed by atoms with Crippen molar-refractivity contribution in [2.24, 2.45) is 5.92 Å². The van der Waals surface area contributed by atoms with E-state index in [1.54, 1.807) is 0 Å². The van der Waals surface area contributed by atoms with Crippen molar-refractivity contribution in [2.45, 2.75) is 26.9 Å². The Hall–Kier alpha value is -1.55. The normalized spacial score (nSPS) is 16.2. The molecule has 1 fully saturated rings. The summed E-state index contributed by atoms with van der Waals surface area (Å²) in [5, 5.41) is 0. The van der Waals surface area contributed by atoms with E-state index in [1.165, 1.54) is 6.42 Å². The third kappa shape index (κ3) is 5.38. The molecule has 1 amide bonds. The zero-order valence-corrected chi connectivity index (χ0v) is 13.1. The SMILES string of the molecule is CC(C)CCN1CCN(C(=O)OCc2ccccc2)CC1. The highest BCUT2D eigenvalue weighted by atomic mass is 16.6. The number of hydrogen-bond acceptors (Lipinski definition) is 3. The Labute approximate surface area is 127 Å². The van der Waals surface area contributed by atoms with Crippen molar-refractivity contribution in [3.63, 3.8) is 0 Å². The molecule has 0 atom stereocenters. The summed E-state index contributed by atoms with van der Waals surface area (Å²) in [4.78, 5) is 16.3. The molecule has 0 bridgehead atoms. The quantitative estimate of drug-likeness (QED) is 0.836. The number of hydrogen-bond donors (Lipinski definition) is 0. The third-order valence-corrected chi connectivity index (χ3v) is 3.86. The maximum Gasteiger partial charge on any atom is 0.410 e. The van der Waals surface area contributed by atoms with E-state index >= 15 is 0 Å². The van der Waals surface area contributed by atoms with Gasteiger partial charge in [-0.05, 0) is 24.4 Å². The number of benzene rings is 1. The van der Waals surface area contributed by atoms with Gasteiger partial charge in [0, 0.05) is 26.2 Å². The lowest BCUT2D eigenvalue weighted by molar-refractivity contribution is 0.0706. The molecule has 4 nitrogen and oxygen atoms in total. The van der Waals surface area contributed by atoms with Crippen LogP contribution in [0.2, 0.25) is 0 Å². The molecule has 0 N–H and O–H groups in total. The minimum Gasteiger partial charge on any atom is -0.445 e. The van der Waals surface area contributed by atoms with E-state index in [2.05, 4.69) is 18.7 Å². The first-order valence-electron chi connectivity index (χ1n) is 7.83. The lowest BCUT2D eigenvalue weighted by Gasteiger charge is -2.34. The van der Waals surface area contributed by atoms with Crippen LogP contribution < -0.4 is 0 Å². The lowest BCUT2D eigenvalue weighted by Crippen LogP contribution is -2.49. The van der Waals surface area contributed by atoms with E-state index in [1.807, 2.05) is 35.2 Å². The maximum absolute atomic E-state index is 12.0. The molecule has 4 heteroatoms. The summed E-state index contributed by atoms with van der Waals surface area (Å²) in [7, 11) is 0. The van der Waals surface area contributed by atoms with Crippen molar-refractivity contribution in [3.05, 3.63) is 35.9 Å². The molecule has 2 rings (SSSR count). The van der Waals surface area contributed by atoms with Gasteiger partial charge in [-0.1, -0.05) is 44.2 Å². The summed E-state index contributed by atoms with van der Waals surface area (Å²) < 4.78 is 5.37. The van der Waals surface area contributed by atoms with Crippen LogP contribution in [-0.2, 0) is 11.3 Å². The number of carbonyl (C=O) groups excluding carboxylic acids is 1. The molecule has 21 heavy (non-hydrogen) atoms. The molecule has 1 heterocycles. The topological polar surface area (TPSA) is 32.8 Å². The van der Waals surface area contributed by atoms with Gasteiger partial charge in [-0.2, -0.15) is 0 Å². The van der Waals surface area contributed by atoms with E-state index in [9.17, 15) is 4.79 Å². The van der Waals surface area contributed by atoms with Crippen LogP contribution in [-0.4, -0.2) is 48.6 Å². The second-order valence-electron chi connectivity index (χ2n) is 6.05. The summed E-state index contributed by atoms with van der Waals surface area (Å²) in [6.45, 7) is 9.42. The molecular weight excluding hydrogens is 264 g/mol. The molecule has 1 aromatic carbocycles. The number of piperazine rings is 1. The van der Waals surface area contributed by atoms with Crippen molar-refractivity contribution in [3.8, 4) is 0 Å². The van der Waals surface area contributed by atoms with E-state index in [-0.39, 0.29) is 6.09 Å². The highest BCUT2D eigenvalue weighted by molar-refractivity contribution is 5.67. The smallest absolute Gasteiger partial charge is 0.410 e. The van der Waals surface area contributed by atoms with Gasteiger partial charge in [0.05, 0.1) is 0 Å². The number of rotatable bonds is 5. The van der Waals surface area contributed by atoms with Crippen LogP contribution in [0.1, 0.15) is 25.8 Å². The van der Waals surface area contributed by atoms with Gasteiger partial charge < -0.3 is 9.64 Å². The van der Waals surface area contributed by atoms with Gasteiger partial charge in [0.1, 0.15) is 6.61 Å². The molecule has 116 valence electrons. The van der Waals surface area contributed by atoms with Gasteiger partial charge in [0.2, 0.25) is 0 Å². The molecule has 0 radical (unpaired) electrons. The third-order valence-electron chi connectivity index (χ3n) is 3.86. The monoisotopic (exact) mass is 290 g/mol. The summed E-state index contributed by atoms with van der Waals surface area (Å²) in [5.74, 6) is 0.735. The van der Waals surface area contributed by atoms with E-state index in [4.69, 9.17) is 4.74 Å². The zero-order chi connectivity index (χ0) is 15.1. The summed E-state index contributed by atoms with van der Waals surface area (Å²) in [5.41, 5.74) is 1.03. The molecule has 0 spiro atoms. The Balaban J connectivity index is 1.68. The fourth-order valence-electron chi connectivity index (χ4n) is 2.41. The van der Waals surface area contributed by atoms with Crippen LogP contribution in [0.25, 0.3) is 0 Å². The van der Waals surface area contributed by atoms with Crippen LogP contribution in [0, 0.1) is 5.92 Å². The average molecular weight is 290 g/mol. The highest BCUT2D eigenvalue weighted by Crippen LogP contribution is 2.09. The van der Waals surface area contributed by atoms with Gasteiger partial charge in [0.25, 0.3) is 0 Å². The zero-order valence-electron chi connectivity index (χ0n) is 13.1. The second kappa shape index (κ2) is 8.03. The maximum atomic E-state index is 12.0. The molecule has 0 aromatic heterocycles. The predicted octanol–water partition coefficient (Wildman–Crippen LogP) is 2.99. The van der Waals surface area contributed by atoms with Crippen LogP contribution in [0.4, 0.5) is 4.79 Å². The van der Waals surface area contributed by atoms with Crippen molar-refractivity contribution >= 4 is 6.09 Å². The van der Waals surface area contributed by atoms with E-state index in [0.29, 0.717) is 6.61 Å². The van der Waals surface area contributed by atoms with E-state index < -0.39 is 0 Å². The van der Waals surface area contributed by atoms with Gasteiger partial charge in [0.15, 0.2) is 0 Å². The largest absolute Gasteiger partial charge is 0.445 e. The molecule has 1 aromatic rings. The summed E-state index contributed by atoms with van der Waals surface area (Å²) in [6, 6.07) is 9.81.